The maximum absolute atomic E-state index is 0. The van der Waals surface area contributed by atoms with E-state index in [9.17, 15) is 0 Å². The Morgan fingerprint density at radius 3 is 0.500 bits per heavy atom. The van der Waals surface area contributed by atoms with Crippen LogP contribution in [-0.2, 0) is 32.7 Å². The van der Waals surface area contributed by atoms with Crippen molar-refractivity contribution in [2.45, 2.75) is 0 Å². The first kappa shape index (κ1) is 55.7. The van der Waals surface area contributed by atoms with Crippen LogP contribution in [0.25, 0.3) is 0 Å². The van der Waals surface area contributed by atoms with Crippen LogP contribution < -0.4 is 0 Å². The van der Waals surface area contributed by atoms with Crippen molar-refractivity contribution < 1.29 is 32.7 Å². The van der Waals surface area contributed by atoms with Crippen molar-refractivity contribution in [3.63, 3.8) is 0 Å². The summed E-state index contributed by atoms with van der Waals surface area (Å²) in [6, 6.07) is 0. The van der Waals surface area contributed by atoms with Crippen LogP contribution >= 0.6 is 49.6 Å². The Morgan fingerprint density at radius 2 is 0.500 bits per heavy atom. The first-order chi connectivity index (χ1) is 0. The van der Waals surface area contributed by atoms with E-state index in [1.807, 2.05) is 0 Å². The molecule has 0 fully saturated rings. The molecule has 39 valence electrons. The fourth-order valence-electron chi connectivity index (χ4n) is 0. The molecule has 0 unspecified atom stereocenters. The molecule has 0 rings (SSSR count). The molecule has 0 aliphatic heterocycles. The third-order valence-corrected chi connectivity index (χ3v) is 0. The fraction of sp³-hybridized carbons (Fsp3) is 0. The third kappa shape index (κ3) is 25.8. The van der Waals surface area contributed by atoms with E-state index in [2.05, 4.69) is 0 Å². The normalized spacial score (nSPS) is 0. The maximum atomic E-state index is 0. The summed E-state index contributed by atoms with van der Waals surface area (Å²) < 4.78 is 0. The van der Waals surface area contributed by atoms with Gasteiger partial charge in [-0.05, 0) is 0 Å². The summed E-state index contributed by atoms with van der Waals surface area (Å²) in [7, 11) is 0. The molecular formula is H6CaCl4Y. The summed E-state index contributed by atoms with van der Waals surface area (Å²) in [6.45, 7) is 0. The van der Waals surface area contributed by atoms with Gasteiger partial charge in [0, 0.05) is 32.7 Å². The van der Waals surface area contributed by atoms with Crippen molar-refractivity contribution >= 4 is 87.4 Å². The molecule has 0 bridgehead atoms. The number of hydrogen-bond donors (Lipinski definition) is 0. The van der Waals surface area contributed by atoms with E-state index in [0.29, 0.717) is 0 Å². The zero-order valence-corrected chi connectivity index (χ0v) is 8.31. The zero-order valence-electron chi connectivity index (χ0n) is 2.21. The Kier molecular flexibility index (Phi) is 361. The Labute approximate surface area is 117 Å². The van der Waals surface area contributed by atoms with E-state index >= 15 is 0 Å². The van der Waals surface area contributed by atoms with Crippen LogP contribution in [0.1, 0.15) is 0 Å². The predicted molar refractivity (Wildman–Crippen MR) is 37.5 cm³/mol. The minimum Gasteiger partial charge on any atom is 0 e. The Morgan fingerprint density at radius 1 is 0.500 bits per heavy atom. The second-order valence-electron chi connectivity index (χ2n) is 0. The fourth-order valence-corrected chi connectivity index (χ4v) is 0. The van der Waals surface area contributed by atoms with Gasteiger partial charge in [0.05, 0.1) is 0 Å². The largest absolute Gasteiger partial charge is 0 e. The molecule has 0 nitrogen and oxygen atoms in total. The molecule has 0 atom stereocenters. The van der Waals surface area contributed by atoms with Crippen molar-refractivity contribution in [2.24, 2.45) is 0 Å². The van der Waals surface area contributed by atoms with Crippen LogP contribution in [-0.4, -0.2) is 37.7 Å². The molecule has 0 aromatic carbocycles. The van der Waals surface area contributed by atoms with Gasteiger partial charge in [0.1, 0.15) is 0 Å². The summed E-state index contributed by atoms with van der Waals surface area (Å²) in [5.41, 5.74) is 0. The molecule has 0 aliphatic rings. The van der Waals surface area contributed by atoms with E-state index in [4.69, 9.17) is 0 Å². The molecule has 0 aliphatic carbocycles. The van der Waals surface area contributed by atoms with Gasteiger partial charge >= 0.3 is 37.7 Å². The minimum absolute atomic E-state index is 0. The third-order valence-electron chi connectivity index (χ3n) is 0. The first-order valence-electron chi connectivity index (χ1n) is 0. The van der Waals surface area contributed by atoms with Crippen molar-refractivity contribution in [3.05, 3.63) is 0 Å². The van der Waals surface area contributed by atoms with Gasteiger partial charge in [-0.25, -0.2) is 0 Å². The van der Waals surface area contributed by atoms with Crippen molar-refractivity contribution in [3.8, 4) is 0 Å². The summed E-state index contributed by atoms with van der Waals surface area (Å²) >= 11 is 0. The van der Waals surface area contributed by atoms with Gasteiger partial charge in [0.25, 0.3) is 0 Å². The van der Waals surface area contributed by atoms with Crippen LogP contribution in [0.15, 0.2) is 0 Å². The van der Waals surface area contributed by atoms with Gasteiger partial charge in [0.15, 0.2) is 0 Å². The molecule has 0 saturated heterocycles. The summed E-state index contributed by atoms with van der Waals surface area (Å²) in [5.74, 6) is 0. The molecular weight excluding hydrogens is 271 g/mol. The molecule has 0 amide bonds. The molecule has 0 spiro atoms. The SMILES string of the molecule is Cl.Cl.Cl.Cl.[CaH2].[Y]. The van der Waals surface area contributed by atoms with Gasteiger partial charge in [-0.1, -0.05) is 0 Å². The van der Waals surface area contributed by atoms with Gasteiger partial charge in [-0.2, -0.15) is 0 Å². The second kappa shape index (κ2) is 38.9. The Hall–Kier alpha value is 3.52. The molecule has 1 radical (unpaired) electrons. The number of hydrogen-bond acceptors (Lipinski definition) is 0. The summed E-state index contributed by atoms with van der Waals surface area (Å²) in [5, 5.41) is 0. The molecule has 6 heteroatoms. The van der Waals surface area contributed by atoms with Crippen LogP contribution in [0, 0.1) is 0 Å². The second-order valence-corrected chi connectivity index (χ2v) is 0. The number of rotatable bonds is 0. The van der Waals surface area contributed by atoms with E-state index < -0.39 is 0 Å². The van der Waals surface area contributed by atoms with E-state index in [-0.39, 0.29) is 120 Å². The van der Waals surface area contributed by atoms with E-state index in [1.54, 1.807) is 0 Å². The van der Waals surface area contributed by atoms with Gasteiger partial charge in [-0.3, -0.25) is 0 Å². The molecule has 6 heavy (non-hydrogen) atoms. The molecule has 0 N–H and O–H groups in total. The standard InChI is InChI=1S/Ca.4ClH.Y.2H/h;4*1H;;;. The summed E-state index contributed by atoms with van der Waals surface area (Å²) in [4.78, 5) is 0. The molecule has 0 heterocycles. The van der Waals surface area contributed by atoms with Crippen LogP contribution in [0.4, 0.5) is 0 Å². The van der Waals surface area contributed by atoms with Crippen LogP contribution in [0.3, 0.4) is 0 Å². The van der Waals surface area contributed by atoms with E-state index in [0.717, 1.165) is 0 Å². The Bertz CT molecular complexity index is 7.51. The van der Waals surface area contributed by atoms with Crippen LogP contribution in [0.5, 0.6) is 0 Å². The Balaban J connectivity index is 0. The topological polar surface area (TPSA) is 0 Å². The van der Waals surface area contributed by atoms with Crippen molar-refractivity contribution in [1.82, 2.24) is 0 Å². The number of halogens is 4. The van der Waals surface area contributed by atoms with Gasteiger partial charge < -0.3 is 0 Å². The molecule has 0 saturated carbocycles. The van der Waals surface area contributed by atoms with Crippen LogP contribution in [0.2, 0.25) is 0 Å². The average Bonchev–Trinajstić information content (AvgIpc) is 0. The maximum Gasteiger partial charge on any atom is 0 e. The quantitative estimate of drug-likeness (QED) is 0.574. The van der Waals surface area contributed by atoms with Gasteiger partial charge in [0.2, 0.25) is 0 Å². The minimum atomic E-state index is 0. The molecule has 0 aromatic heterocycles. The molecule has 0 aromatic rings. The smallest absolute Gasteiger partial charge is 0 e. The predicted octanol–water partition coefficient (Wildman–Crippen LogP) is 0.768. The summed E-state index contributed by atoms with van der Waals surface area (Å²) in [6.07, 6.45) is 0. The van der Waals surface area contributed by atoms with Crippen molar-refractivity contribution in [1.29, 1.82) is 0 Å². The van der Waals surface area contributed by atoms with Crippen molar-refractivity contribution in [2.75, 3.05) is 0 Å². The van der Waals surface area contributed by atoms with Gasteiger partial charge in [-0.15, -0.1) is 49.6 Å². The monoisotopic (exact) mass is 275 g/mol. The first-order valence-corrected chi connectivity index (χ1v) is 0. The zero-order chi connectivity index (χ0) is 0. The average molecular weight is 277 g/mol. The van der Waals surface area contributed by atoms with E-state index in [1.165, 1.54) is 0 Å².